The molecule has 1 heterocycles. The summed E-state index contributed by atoms with van der Waals surface area (Å²) in [5, 5.41) is 3.91. The quantitative estimate of drug-likeness (QED) is 0.564. The van der Waals surface area contributed by atoms with Gasteiger partial charge in [0.2, 0.25) is 5.88 Å². The molecule has 0 aliphatic carbocycles. The lowest BCUT2D eigenvalue weighted by atomic mass is 10.1. The lowest BCUT2D eigenvalue weighted by molar-refractivity contribution is 0.264. The minimum absolute atomic E-state index is 0.427. The van der Waals surface area contributed by atoms with Gasteiger partial charge in [0, 0.05) is 6.08 Å². The van der Waals surface area contributed by atoms with E-state index in [2.05, 4.69) is 24.4 Å². The Labute approximate surface area is 60.8 Å². The summed E-state index contributed by atoms with van der Waals surface area (Å²) in [5.74, 6) is 1.03. The molecule has 0 fully saturated rings. The van der Waals surface area contributed by atoms with Crippen LogP contribution in [0.25, 0.3) is 0 Å². The molecular weight excluding hydrogens is 128 g/mol. The zero-order valence-electron chi connectivity index (χ0n) is 6.46. The van der Waals surface area contributed by atoms with Crippen LogP contribution in [0.4, 0.5) is 0 Å². The Hall–Kier alpha value is -0.990. The molecule has 0 aromatic heterocycles. The van der Waals surface area contributed by atoms with Crippen LogP contribution in [-0.2, 0) is 4.74 Å². The van der Waals surface area contributed by atoms with Crippen molar-refractivity contribution in [3.8, 4) is 0 Å². The van der Waals surface area contributed by atoms with Crippen LogP contribution in [-0.4, -0.2) is 12.8 Å². The zero-order valence-corrected chi connectivity index (χ0v) is 6.46. The van der Waals surface area contributed by atoms with Gasteiger partial charge in [0.25, 0.3) is 0 Å². The Balaban J connectivity index is 2.59. The van der Waals surface area contributed by atoms with Gasteiger partial charge in [0.1, 0.15) is 0 Å². The minimum Gasteiger partial charge on any atom is -0.480 e. The monoisotopic (exact) mass is 139 g/mol. The van der Waals surface area contributed by atoms with Gasteiger partial charge in [0.15, 0.2) is 0 Å². The molecule has 0 saturated heterocycles. The fourth-order valence-corrected chi connectivity index (χ4v) is 0.673. The van der Waals surface area contributed by atoms with Crippen molar-refractivity contribution in [2.24, 2.45) is 11.0 Å². The Kier molecular flexibility index (Phi) is 1.94. The molecular formula is C7H11N2O. The Morgan fingerprint density at radius 3 is 2.50 bits per heavy atom. The fraction of sp³-hybridized carbons (Fsp3) is 0.571. The highest BCUT2D eigenvalue weighted by atomic mass is 16.5. The molecule has 0 saturated carbocycles. The Morgan fingerprint density at radius 1 is 1.50 bits per heavy atom. The second kappa shape index (κ2) is 2.73. The number of rotatable bonds is 2. The largest absolute Gasteiger partial charge is 0.480 e. The summed E-state index contributed by atoms with van der Waals surface area (Å²) in [6.45, 7) is 4.15. The van der Waals surface area contributed by atoms with Crippen molar-refractivity contribution >= 4 is 5.71 Å². The lowest BCUT2D eigenvalue weighted by Gasteiger charge is -1.96. The Morgan fingerprint density at radius 2 is 2.20 bits per heavy atom. The van der Waals surface area contributed by atoms with E-state index in [1.807, 2.05) is 6.08 Å². The van der Waals surface area contributed by atoms with E-state index in [0.717, 1.165) is 5.71 Å². The lowest BCUT2D eigenvalue weighted by Crippen LogP contribution is -2.00. The van der Waals surface area contributed by atoms with Crippen molar-refractivity contribution in [3.05, 3.63) is 12.0 Å². The van der Waals surface area contributed by atoms with Gasteiger partial charge in [-0.15, -0.1) is 5.43 Å². The smallest absolute Gasteiger partial charge is 0.234 e. The summed E-state index contributed by atoms with van der Waals surface area (Å²) in [4.78, 5) is 0. The number of hydrogen-bond donors (Lipinski definition) is 0. The van der Waals surface area contributed by atoms with E-state index in [1.165, 1.54) is 0 Å². The minimum atomic E-state index is 0.427. The van der Waals surface area contributed by atoms with Gasteiger partial charge in [-0.1, -0.05) is 13.8 Å². The SMILES string of the molecule is COC1=CC(C(C)C)=N[N]1. The van der Waals surface area contributed by atoms with Crippen LogP contribution in [0.1, 0.15) is 13.8 Å². The summed E-state index contributed by atoms with van der Waals surface area (Å²) in [6, 6.07) is 0. The maximum absolute atomic E-state index is 4.87. The average molecular weight is 139 g/mol. The van der Waals surface area contributed by atoms with Crippen molar-refractivity contribution in [1.82, 2.24) is 5.43 Å². The second-order valence-electron chi connectivity index (χ2n) is 2.47. The number of nitrogens with zero attached hydrogens (tertiary/aromatic N) is 2. The molecule has 0 aromatic rings. The van der Waals surface area contributed by atoms with Crippen LogP contribution < -0.4 is 5.43 Å². The normalized spacial score (nSPS) is 16.4. The topological polar surface area (TPSA) is 35.7 Å². The molecule has 3 nitrogen and oxygen atoms in total. The van der Waals surface area contributed by atoms with E-state index in [4.69, 9.17) is 4.74 Å². The van der Waals surface area contributed by atoms with E-state index < -0.39 is 0 Å². The maximum atomic E-state index is 4.87. The molecule has 0 unspecified atom stereocenters. The number of allylic oxidation sites excluding steroid dienone is 1. The molecule has 3 heteroatoms. The number of hydrogen-bond acceptors (Lipinski definition) is 2. The summed E-state index contributed by atoms with van der Waals surface area (Å²) in [5.41, 5.74) is 4.77. The van der Waals surface area contributed by atoms with Crippen molar-refractivity contribution in [2.75, 3.05) is 7.11 Å². The zero-order chi connectivity index (χ0) is 7.56. The molecule has 1 radical (unpaired) electrons. The molecule has 0 N–H and O–H groups in total. The molecule has 1 rings (SSSR count). The first kappa shape index (κ1) is 7.12. The van der Waals surface area contributed by atoms with E-state index in [-0.39, 0.29) is 0 Å². The van der Waals surface area contributed by atoms with Crippen LogP contribution in [0, 0.1) is 5.92 Å². The molecule has 1 aliphatic rings. The molecule has 1 aliphatic heterocycles. The highest BCUT2D eigenvalue weighted by Gasteiger charge is 2.12. The predicted molar refractivity (Wildman–Crippen MR) is 39.5 cm³/mol. The second-order valence-corrected chi connectivity index (χ2v) is 2.47. The molecule has 0 atom stereocenters. The van der Waals surface area contributed by atoms with E-state index in [9.17, 15) is 0 Å². The van der Waals surface area contributed by atoms with Crippen LogP contribution in [0.3, 0.4) is 0 Å². The van der Waals surface area contributed by atoms with Crippen LogP contribution in [0.5, 0.6) is 0 Å². The molecule has 0 bridgehead atoms. The third kappa shape index (κ3) is 1.29. The van der Waals surface area contributed by atoms with Crippen molar-refractivity contribution in [2.45, 2.75) is 13.8 Å². The predicted octanol–water partition coefficient (Wildman–Crippen LogP) is 1.10. The van der Waals surface area contributed by atoms with Crippen molar-refractivity contribution < 1.29 is 4.74 Å². The summed E-state index contributed by atoms with van der Waals surface area (Å²) >= 11 is 0. The van der Waals surface area contributed by atoms with Gasteiger partial charge in [-0.25, -0.2) is 0 Å². The molecule has 55 valence electrons. The molecule has 10 heavy (non-hydrogen) atoms. The van der Waals surface area contributed by atoms with E-state index >= 15 is 0 Å². The number of ether oxygens (including phenoxy) is 1. The third-order valence-electron chi connectivity index (χ3n) is 1.34. The fourth-order valence-electron chi connectivity index (χ4n) is 0.673. The summed E-state index contributed by atoms with van der Waals surface area (Å²) < 4.78 is 4.87. The molecule has 0 spiro atoms. The molecule has 0 amide bonds. The highest BCUT2D eigenvalue weighted by Crippen LogP contribution is 2.08. The van der Waals surface area contributed by atoms with Gasteiger partial charge in [-0.2, -0.15) is 5.10 Å². The standard InChI is InChI=1S/C7H11N2O/c1-5(2)6-4-7(10-3)9-8-6/h4-5H,1-3H3. The van der Waals surface area contributed by atoms with Gasteiger partial charge in [-0.3, -0.25) is 0 Å². The van der Waals surface area contributed by atoms with E-state index in [1.54, 1.807) is 7.11 Å². The Bertz CT molecular complexity index is 182. The van der Waals surface area contributed by atoms with Gasteiger partial charge >= 0.3 is 0 Å². The maximum Gasteiger partial charge on any atom is 0.234 e. The first-order valence-electron chi connectivity index (χ1n) is 3.28. The van der Waals surface area contributed by atoms with Crippen LogP contribution in [0.2, 0.25) is 0 Å². The van der Waals surface area contributed by atoms with E-state index in [0.29, 0.717) is 11.8 Å². The van der Waals surface area contributed by atoms with Crippen molar-refractivity contribution in [3.63, 3.8) is 0 Å². The average Bonchev–Trinajstić information content (AvgIpc) is 2.34. The van der Waals surface area contributed by atoms with Crippen LogP contribution in [0.15, 0.2) is 17.1 Å². The third-order valence-corrected chi connectivity index (χ3v) is 1.34. The highest BCUT2D eigenvalue weighted by molar-refractivity contribution is 5.97. The molecule has 0 aromatic carbocycles. The first-order valence-corrected chi connectivity index (χ1v) is 3.28. The number of methoxy groups -OCH3 is 1. The summed E-state index contributed by atoms with van der Waals surface area (Å²) in [6.07, 6.45) is 1.85. The van der Waals surface area contributed by atoms with Gasteiger partial charge in [0.05, 0.1) is 12.8 Å². The van der Waals surface area contributed by atoms with Crippen molar-refractivity contribution in [1.29, 1.82) is 0 Å². The van der Waals surface area contributed by atoms with Gasteiger partial charge < -0.3 is 4.74 Å². The van der Waals surface area contributed by atoms with Crippen LogP contribution >= 0.6 is 0 Å². The first-order chi connectivity index (χ1) is 4.74. The van der Waals surface area contributed by atoms with Gasteiger partial charge in [-0.05, 0) is 5.92 Å². The summed E-state index contributed by atoms with van der Waals surface area (Å²) in [7, 11) is 1.59.